The van der Waals surface area contributed by atoms with Crippen molar-refractivity contribution in [1.82, 2.24) is 4.90 Å². The summed E-state index contributed by atoms with van der Waals surface area (Å²) in [5.74, 6) is 0.350. The first-order valence-electron chi connectivity index (χ1n) is 5.61. The van der Waals surface area contributed by atoms with Gasteiger partial charge in [-0.2, -0.15) is 0 Å². The minimum atomic E-state index is -0.450. The largest absolute Gasteiger partial charge is 0.444 e. The van der Waals surface area contributed by atoms with Crippen molar-refractivity contribution in [1.29, 1.82) is 5.41 Å². The summed E-state index contributed by atoms with van der Waals surface area (Å²) in [6.07, 6.45) is 1.25. The molecule has 100 valence electrons. The number of carbonyl (C=O) groups excluding carboxylic acids is 1. The van der Waals surface area contributed by atoms with Crippen LogP contribution in [0, 0.1) is 11.3 Å². The van der Waals surface area contributed by atoms with Gasteiger partial charge in [-0.05, 0) is 33.6 Å². The van der Waals surface area contributed by atoms with Crippen molar-refractivity contribution in [2.24, 2.45) is 11.7 Å². The maximum atomic E-state index is 11.7. The molecule has 1 saturated heterocycles. The van der Waals surface area contributed by atoms with Gasteiger partial charge in [-0.1, -0.05) is 0 Å². The third-order valence-electron chi connectivity index (χ3n) is 2.59. The Morgan fingerprint density at radius 1 is 1.35 bits per heavy atom. The molecule has 0 aliphatic carbocycles. The first kappa shape index (κ1) is 16.0. The number of nitrogens with two attached hydrogens (primary N) is 1. The van der Waals surface area contributed by atoms with Crippen LogP contribution in [0.1, 0.15) is 33.6 Å². The van der Waals surface area contributed by atoms with E-state index >= 15 is 0 Å². The van der Waals surface area contributed by atoms with Crippen LogP contribution < -0.4 is 5.73 Å². The van der Waals surface area contributed by atoms with Gasteiger partial charge in [-0.3, -0.25) is 5.41 Å². The molecule has 5 nitrogen and oxygen atoms in total. The third kappa shape index (κ3) is 5.26. The Bertz CT molecular complexity index is 281. The van der Waals surface area contributed by atoms with Gasteiger partial charge in [-0.15, -0.1) is 12.4 Å². The minimum absolute atomic E-state index is 0. The summed E-state index contributed by atoms with van der Waals surface area (Å²) in [7, 11) is 0. The number of piperidine rings is 1. The van der Waals surface area contributed by atoms with Crippen LogP contribution in [0.15, 0.2) is 0 Å². The van der Waals surface area contributed by atoms with E-state index in [1.807, 2.05) is 20.8 Å². The number of rotatable bonds is 1. The molecule has 1 aliphatic rings. The van der Waals surface area contributed by atoms with E-state index in [0.717, 1.165) is 12.8 Å². The van der Waals surface area contributed by atoms with Crippen LogP contribution in [0.25, 0.3) is 0 Å². The van der Waals surface area contributed by atoms with Gasteiger partial charge in [0, 0.05) is 19.0 Å². The molecule has 0 aromatic heterocycles. The predicted molar refractivity (Wildman–Crippen MR) is 69.7 cm³/mol. The maximum absolute atomic E-state index is 11.7. The van der Waals surface area contributed by atoms with Crippen LogP contribution in [0.5, 0.6) is 0 Å². The molecule has 6 heteroatoms. The van der Waals surface area contributed by atoms with Crippen molar-refractivity contribution in [3.8, 4) is 0 Å². The predicted octanol–water partition coefficient (Wildman–Crippen LogP) is 1.99. The summed E-state index contributed by atoms with van der Waals surface area (Å²) in [5, 5.41) is 7.35. The van der Waals surface area contributed by atoms with E-state index in [-0.39, 0.29) is 30.3 Å². The maximum Gasteiger partial charge on any atom is 0.410 e. The average Bonchev–Trinajstić information content (AvgIpc) is 2.15. The Balaban J connectivity index is 0.00000256. The zero-order valence-electron chi connectivity index (χ0n) is 10.7. The minimum Gasteiger partial charge on any atom is -0.444 e. The van der Waals surface area contributed by atoms with Gasteiger partial charge < -0.3 is 15.4 Å². The zero-order chi connectivity index (χ0) is 12.3. The second-order valence-corrected chi connectivity index (χ2v) is 5.20. The number of amidine groups is 1. The van der Waals surface area contributed by atoms with Crippen LogP contribution in [-0.2, 0) is 4.74 Å². The number of halogens is 1. The number of carbonyl (C=O) groups is 1. The Morgan fingerprint density at radius 3 is 2.18 bits per heavy atom. The highest BCUT2D eigenvalue weighted by Crippen LogP contribution is 2.19. The van der Waals surface area contributed by atoms with E-state index in [1.165, 1.54) is 0 Å². The highest BCUT2D eigenvalue weighted by Gasteiger charge is 2.27. The normalized spacial score (nSPS) is 17.2. The lowest BCUT2D eigenvalue weighted by atomic mass is 9.96. The van der Waals surface area contributed by atoms with E-state index in [0.29, 0.717) is 13.1 Å². The lowest BCUT2D eigenvalue weighted by molar-refractivity contribution is 0.0201. The molecule has 0 atom stereocenters. The second-order valence-electron chi connectivity index (χ2n) is 5.20. The van der Waals surface area contributed by atoms with Crippen LogP contribution in [0.3, 0.4) is 0 Å². The van der Waals surface area contributed by atoms with Crippen molar-refractivity contribution in [2.75, 3.05) is 13.1 Å². The van der Waals surface area contributed by atoms with Gasteiger partial charge in [0.1, 0.15) is 5.60 Å². The molecule has 1 amide bonds. The molecule has 0 bridgehead atoms. The van der Waals surface area contributed by atoms with Gasteiger partial charge in [0.05, 0.1) is 5.84 Å². The van der Waals surface area contributed by atoms with Crippen molar-refractivity contribution in [3.63, 3.8) is 0 Å². The Kier molecular flexibility index (Phi) is 5.75. The number of nitrogens with one attached hydrogen (secondary N) is 1. The lowest BCUT2D eigenvalue weighted by Crippen LogP contribution is -2.43. The van der Waals surface area contributed by atoms with E-state index in [2.05, 4.69) is 0 Å². The molecule has 0 radical (unpaired) electrons. The van der Waals surface area contributed by atoms with Crippen molar-refractivity contribution in [2.45, 2.75) is 39.2 Å². The summed E-state index contributed by atoms with van der Waals surface area (Å²) in [5.41, 5.74) is 4.99. The smallest absolute Gasteiger partial charge is 0.410 e. The van der Waals surface area contributed by atoms with E-state index in [9.17, 15) is 4.79 Å². The number of likely N-dealkylation sites (tertiary alicyclic amines) is 1. The first-order chi connectivity index (χ1) is 7.29. The second kappa shape index (κ2) is 6.10. The SMILES string of the molecule is CC(C)(C)OC(=O)N1CCC(C(=N)N)CC1.Cl. The van der Waals surface area contributed by atoms with E-state index in [4.69, 9.17) is 15.9 Å². The van der Waals surface area contributed by atoms with E-state index < -0.39 is 5.60 Å². The molecular weight excluding hydrogens is 242 g/mol. The van der Waals surface area contributed by atoms with Gasteiger partial charge in [-0.25, -0.2) is 4.79 Å². The first-order valence-corrected chi connectivity index (χ1v) is 5.61. The molecule has 0 aromatic carbocycles. The molecule has 1 fully saturated rings. The molecule has 3 N–H and O–H groups in total. The number of nitrogens with zero attached hydrogens (tertiary/aromatic N) is 1. The standard InChI is InChI=1S/C11H21N3O2.ClH/c1-11(2,3)16-10(15)14-6-4-8(5-7-14)9(12)13;/h8H,4-7H2,1-3H3,(H3,12,13);1H. The quantitative estimate of drug-likeness (QED) is 0.561. The van der Waals surface area contributed by atoms with Crippen LogP contribution in [0.4, 0.5) is 4.79 Å². The zero-order valence-corrected chi connectivity index (χ0v) is 11.5. The summed E-state index contributed by atoms with van der Waals surface area (Å²) in [4.78, 5) is 13.4. The fourth-order valence-electron chi connectivity index (χ4n) is 1.70. The monoisotopic (exact) mass is 263 g/mol. The topological polar surface area (TPSA) is 79.4 Å². The molecule has 0 unspecified atom stereocenters. The molecule has 0 spiro atoms. The number of hydrogen-bond acceptors (Lipinski definition) is 3. The highest BCUT2D eigenvalue weighted by molar-refractivity contribution is 5.85. The molecule has 17 heavy (non-hydrogen) atoms. The van der Waals surface area contributed by atoms with Gasteiger partial charge >= 0.3 is 6.09 Å². The molecule has 1 aliphatic heterocycles. The molecular formula is C11H22ClN3O2. The molecule has 1 rings (SSSR count). The summed E-state index contributed by atoms with van der Waals surface area (Å²) >= 11 is 0. The third-order valence-corrected chi connectivity index (χ3v) is 2.59. The number of ether oxygens (including phenoxy) is 1. The number of amides is 1. The van der Waals surface area contributed by atoms with E-state index in [1.54, 1.807) is 4.90 Å². The van der Waals surface area contributed by atoms with Crippen molar-refractivity contribution in [3.05, 3.63) is 0 Å². The van der Waals surface area contributed by atoms with Gasteiger partial charge in [0.2, 0.25) is 0 Å². The van der Waals surface area contributed by atoms with Crippen molar-refractivity contribution < 1.29 is 9.53 Å². The number of hydrogen-bond donors (Lipinski definition) is 2. The Labute approximate surface area is 109 Å². The van der Waals surface area contributed by atoms with Crippen LogP contribution >= 0.6 is 12.4 Å². The van der Waals surface area contributed by atoms with Gasteiger partial charge in [0.25, 0.3) is 0 Å². The lowest BCUT2D eigenvalue weighted by Gasteiger charge is -2.32. The molecule has 0 saturated carbocycles. The fourth-order valence-corrected chi connectivity index (χ4v) is 1.70. The summed E-state index contributed by atoms with van der Waals surface area (Å²) < 4.78 is 5.27. The molecule has 1 heterocycles. The van der Waals surface area contributed by atoms with Crippen LogP contribution in [0.2, 0.25) is 0 Å². The average molecular weight is 264 g/mol. The summed E-state index contributed by atoms with van der Waals surface area (Å²) in [6.45, 7) is 6.81. The Morgan fingerprint density at radius 2 is 1.82 bits per heavy atom. The van der Waals surface area contributed by atoms with Crippen LogP contribution in [-0.4, -0.2) is 35.5 Å². The Hall–Kier alpha value is -0.970. The summed E-state index contributed by atoms with van der Waals surface area (Å²) in [6, 6.07) is 0. The fraction of sp³-hybridized carbons (Fsp3) is 0.818. The molecule has 0 aromatic rings. The van der Waals surface area contributed by atoms with Crippen molar-refractivity contribution >= 4 is 24.3 Å². The van der Waals surface area contributed by atoms with Gasteiger partial charge in [0.15, 0.2) is 0 Å². The highest BCUT2D eigenvalue weighted by atomic mass is 35.5.